The molecule has 1 aromatic rings. The second kappa shape index (κ2) is 6.81. The summed E-state index contributed by atoms with van der Waals surface area (Å²) in [5.41, 5.74) is 16.7. The van der Waals surface area contributed by atoms with E-state index in [1.54, 1.807) is 12.1 Å². The average Bonchev–Trinajstić information content (AvgIpc) is 2.29. The van der Waals surface area contributed by atoms with Gasteiger partial charge < -0.3 is 17.2 Å². The summed E-state index contributed by atoms with van der Waals surface area (Å²) < 4.78 is 13.3. The summed E-state index contributed by atoms with van der Waals surface area (Å²) in [6, 6.07) is 4.44. The van der Waals surface area contributed by atoms with E-state index in [1.807, 2.05) is 0 Å². The van der Waals surface area contributed by atoms with Gasteiger partial charge in [-0.3, -0.25) is 14.5 Å². The molecule has 0 aliphatic heterocycles. The second-order valence-electron chi connectivity index (χ2n) is 4.21. The molecular weight excluding hydrogens is 251 g/mol. The van der Waals surface area contributed by atoms with E-state index >= 15 is 0 Å². The Morgan fingerprint density at radius 1 is 1.16 bits per heavy atom. The number of carbonyl (C=O) groups excluding carboxylic acids is 2. The lowest BCUT2D eigenvalue weighted by atomic mass is 10.1. The number of nitrogens with two attached hydrogens (primary N) is 3. The molecule has 0 aliphatic carbocycles. The fraction of sp³-hybridized carbons (Fsp3) is 0.333. The van der Waals surface area contributed by atoms with Crippen molar-refractivity contribution >= 4 is 11.8 Å². The van der Waals surface area contributed by atoms with Crippen LogP contribution in [0.25, 0.3) is 0 Å². The van der Waals surface area contributed by atoms with Crippen molar-refractivity contribution in [2.75, 3.05) is 13.1 Å². The zero-order valence-electron chi connectivity index (χ0n) is 10.4. The summed E-state index contributed by atoms with van der Waals surface area (Å²) in [6.45, 7) is 0.140. The molecule has 0 radical (unpaired) electrons. The third kappa shape index (κ3) is 5.02. The second-order valence-corrected chi connectivity index (χ2v) is 4.21. The van der Waals surface area contributed by atoms with Gasteiger partial charge >= 0.3 is 0 Å². The van der Waals surface area contributed by atoms with E-state index in [-0.39, 0.29) is 32.0 Å². The first-order valence-corrected chi connectivity index (χ1v) is 5.68. The molecule has 0 bridgehead atoms. The van der Waals surface area contributed by atoms with Crippen LogP contribution < -0.4 is 17.2 Å². The van der Waals surface area contributed by atoms with Gasteiger partial charge in [0.05, 0.1) is 13.1 Å². The van der Waals surface area contributed by atoms with E-state index in [0.29, 0.717) is 5.56 Å². The zero-order valence-corrected chi connectivity index (χ0v) is 10.4. The largest absolute Gasteiger partial charge is 0.369 e. The number of primary amides is 2. The molecule has 0 fully saturated rings. The van der Waals surface area contributed by atoms with Crippen molar-refractivity contribution in [3.8, 4) is 0 Å². The molecular formula is C12H17FN4O2. The van der Waals surface area contributed by atoms with Gasteiger partial charge in [-0.25, -0.2) is 4.39 Å². The first-order valence-electron chi connectivity index (χ1n) is 5.68. The van der Waals surface area contributed by atoms with Crippen LogP contribution in [0.3, 0.4) is 0 Å². The van der Waals surface area contributed by atoms with Crippen molar-refractivity contribution in [2.45, 2.75) is 13.1 Å². The fourth-order valence-corrected chi connectivity index (χ4v) is 1.75. The van der Waals surface area contributed by atoms with Crippen LogP contribution in [0.2, 0.25) is 0 Å². The lowest BCUT2D eigenvalue weighted by Crippen LogP contribution is -2.39. The van der Waals surface area contributed by atoms with Gasteiger partial charge in [0, 0.05) is 18.7 Å². The Morgan fingerprint density at radius 3 is 2.21 bits per heavy atom. The maximum atomic E-state index is 13.3. The van der Waals surface area contributed by atoms with E-state index in [9.17, 15) is 14.0 Å². The molecule has 104 valence electrons. The highest BCUT2D eigenvalue weighted by Crippen LogP contribution is 2.12. The van der Waals surface area contributed by atoms with Gasteiger partial charge in [-0.2, -0.15) is 0 Å². The predicted octanol–water partition coefficient (Wildman–Crippen LogP) is -0.943. The van der Waals surface area contributed by atoms with E-state index in [4.69, 9.17) is 17.2 Å². The molecule has 0 saturated heterocycles. The molecule has 0 aromatic heterocycles. The van der Waals surface area contributed by atoms with Gasteiger partial charge in [0.1, 0.15) is 5.82 Å². The molecule has 7 heteroatoms. The molecule has 0 heterocycles. The smallest absolute Gasteiger partial charge is 0.231 e. The Hall–Kier alpha value is -1.99. The summed E-state index contributed by atoms with van der Waals surface area (Å²) in [4.78, 5) is 23.3. The van der Waals surface area contributed by atoms with Crippen molar-refractivity contribution < 1.29 is 14.0 Å². The van der Waals surface area contributed by atoms with E-state index in [0.717, 1.165) is 5.56 Å². The standard InChI is InChI=1S/C12H17FN4O2/c13-10-2-1-8(3-9(10)4-14)5-17(6-11(15)18)7-12(16)19/h1-3H,4-7,14H2,(H2,15,18)(H2,16,19). The van der Waals surface area contributed by atoms with Crippen molar-refractivity contribution in [3.63, 3.8) is 0 Å². The summed E-state index contributed by atoms with van der Waals surface area (Å²) in [5.74, 6) is -1.52. The van der Waals surface area contributed by atoms with Crippen LogP contribution in [-0.2, 0) is 22.7 Å². The highest BCUT2D eigenvalue weighted by molar-refractivity contribution is 5.79. The van der Waals surface area contributed by atoms with Crippen LogP contribution in [0.4, 0.5) is 4.39 Å². The normalized spacial score (nSPS) is 10.7. The molecule has 0 aliphatic rings. The molecule has 0 spiro atoms. The number of nitrogens with zero attached hydrogens (tertiary/aromatic N) is 1. The minimum Gasteiger partial charge on any atom is -0.369 e. The van der Waals surface area contributed by atoms with Gasteiger partial charge in [0.25, 0.3) is 0 Å². The minimum absolute atomic E-state index is 0.0747. The van der Waals surface area contributed by atoms with Crippen LogP contribution in [0.15, 0.2) is 18.2 Å². The Kier molecular flexibility index (Phi) is 5.40. The first kappa shape index (κ1) is 15.1. The molecule has 1 rings (SSSR count). The summed E-state index contributed by atoms with van der Waals surface area (Å²) in [7, 11) is 0. The molecule has 0 atom stereocenters. The predicted molar refractivity (Wildman–Crippen MR) is 68.0 cm³/mol. The van der Waals surface area contributed by atoms with Crippen LogP contribution in [-0.4, -0.2) is 29.8 Å². The molecule has 0 saturated carbocycles. The van der Waals surface area contributed by atoms with Crippen molar-refractivity contribution in [2.24, 2.45) is 17.2 Å². The number of benzene rings is 1. The highest BCUT2D eigenvalue weighted by Gasteiger charge is 2.12. The third-order valence-electron chi connectivity index (χ3n) is 2.50. The van der Waals surface area contributed by atoms with Gasteiger partial charge in [-0.1, -0.05) is 12.1 Å². The minimum atomic E-state index is -0.567. The van der Waals surface area contributed by atoms with Gasteiger partial charge in [0.15, 0.2) is 0 Å². The van der Waals surface area contributed by atoms with E-state index in [2.05, 4.69) is 0 Å². The SMILES string of the molecule is NCc1cc(CN(CC(N)=O)CC(N)=O)ccc1F. The summed E-state index contributed by atoms with van der Waals surface area (Å²) >= 11 is 0. The van der Waals surface area contributed by atoms with Gasteiger partial charge in [-0.05, 0) is 11.6 Å². The number of hydrogen-bond donors (Lipinski definition) is 3. The molecule has 0 unspecified atom stereocenters. The number of carbonyl (C=O) groups is 2. The summed E-state index contributed by atoms with van der Waals surface area (Å²) in [5, 5.41) is 0. The Balaban J connectivity index is 2.82. The lowest BCUT2D eigenvalue weighted by molar-refractivity contribution is -0.122. The number of halogens is 1. The van der Waals surface area contributed by atoms with Gasteiger partial charge in [0.2, 0.25) is 11.8 Å². The maximum Gasteiger partial charge on any atom is 0.231 e. The Morgan fingerprint density at radius 2 is 1.74 bits per heavy atom. The number of amides is 2. The van der Waals surface area contributed by atoms with E-state index in [1.165, 1.54) is 11.0 Å². The number of rotatable bonds is 7. The van der Waals surface area contributed by atoms with Crippen LogP contribution in [0, 0.1) is 5.82 Å². The van der Waals surface area contributed by atoms with Crippen LogP contribution >= 0.6 is 0 Å². The van der Waals surface area contributed by atoms with Crippen molar-refractivity contribution in [3.05, 3.63) is 35.1 Å². The Bertz CT molecular complexity index is 463. The molecule has 6 nitrogen and oxygen atoms in total. The average molecular weight is 268 g/mol. The van der Waals surface area contributed by atoms with Crippen LogP contribution in [0.5, 0.6) is 0 Å². The summed E-state index contributed by atoms with van der Waals surface area (Å²) in [6.07, 6.45) is 0. The highest BCUT2D eigenvalue weighted by atomic mass is 19.1. The monoisotopic (exact) mass is 268 g/mol. The van der Waals surface area contributed by atoms with Gasteiger partial charge in [-0.15, -0.1) is 0 Å². The first-order chi connectivity index (χ1) is 8.92. The van der Waals surface area contributed by atoms with Crippen LogP contribution in [0.1, 0.15) is 11.1 Å². The molecule has 6 N–H and O–H groups in total. The van der Waals surface area contributed by atoms with Crippen molar-refractivity contribution in [1.29, 1.82) is 0 Å². The fourth-order valence-electron chi connectivity index (χ4n) is 1.75. The zero-order chi connectivity index (χ0) is 14.4. The van der Waals surface area contributed by atoms with E-state index < -0.39 is 11.8 Å². The topological polar surface area (TPSA) is 115 Å². The maximum absolute atomic E-state index is 13.3. The number of hydrogen-bond acceptors (Lipinski definition) is 4. The molecule has 1 aromatic carbocycles. The Labute approximate surface area is 110 Å². The molecule has 2 amide bonds. The molecule has 19 heavy (non-hydrogen) atoms. The quantitative estimate of drug-likeness (QED) is 0.591. The van der Waals surface area contributed by atoms with Crippen molar-refractivity contribution in [1.82, 2.24) is 4.90 Å². The lowest BCUT2D eigenvalue weighted by Gasteiger charge is -2.19. The third-order valence-corrected chi connectivity index (χ3v) is 2.50.